The van der Waals surface area contributed by atoms with Crippen molar-refractivity contribution in [3.05, 3.63) is 48.2 Å². The lowest BCUT2D eigenvalue weighted by atomic mass is 9.97. The molecule has 4 heterocycles. The van der Waals surface area contributed by atoms with Gasteiger partial charge in [-0.3, -0.25) is 9.89 Å². The Morgan fingerprint density at radius 2 is 1.94 bits per heavy atom. The zero-order valence-corrected chi connectivity index (χ0v) is 17.9. The van der Waals surface area contributed by atoms with Crippen LogP contribution in [0.1, 0.15) is 18.4 Å². The Morgan fingerprint density at radius 1 is 1.12 bits per heavy atom. The first-order valence-corrected chi connectivity index (χ1v) is 11.7. The molecule has 2 aliphatic heterocycles. The number of hydrogen-bond acceptors (Lipinski definition) is 7. The number of fused-ring (bicyclic) bond motifs is 1. The van der Waals surface area contributed by atoms with Crippen molar-refractivity contribution >= 4 is 15.9 Å². The quantitative estimate of drug-likeness (QED) is 0.579. The van der Waals surface area contributed by atoms with Crippen LogP contribution < -0.4 is 14.8 Å². The van der Waals surface area contributed by atoms with Crippen molar-refractivity contribution in [1.29, 1.82) is 0 Å². The molecule has 0 atom stereocenters. The van der Waals surface area contributed by atoms with Gasteiger partial charge in [0.1, 0.15) is 5.69 Å². The molecule has 168 valence electrons. The van der Waals surface area contributed by atoms with Crippen LogP contribution in [0.3, 0.4) is 0 Å². The van der Waals surface area contributed by atoms with E-state index < -0.39 is 10.0 Å². The normalized spacial score (nSPS) is 16.9. The summed E-state index contributed by atoms with van der Waals surface area (Å²) < 4.78 is 43.4. The number of furan rings is 1. The molecule has 0 saturated carbocycles. The van der Waals surface area contributed by atoms with Gasteiger partial charge in [0.25, 0.3) is 10.0 Å². The molecule has 2 aliphatic rings. The largest absolute Gasteiger partial charge is 0.454 e. The maximum absolute atomic E-state index is 12.9. The SMILES string of the molecule is O=C(NCc1ccc2c(c1)OCO2)C1CCN(S(=O)(=O)c2ccc(-c3ccn[nH]3)o2)CC1. The average molecular weight is 458 g/mol. The standard InChI is InChI=1S/C21H22N4O6S/c26-21(22-12-14-1-2-18-19(11-14)30-13-29-18)15-6-9-25(10-7-15)32(27,28)20-4-3-17(31-20)16-5-8-23-24-16/h1-5,8,11,15H,6-7,9-10,12-13H2,(H,22,26)(H,23,24). The number of nitrogens with one attached hydrogen (secondary N) is 2. The summed E-state index contributed by atoms with van der Waals surface area (Å²) in [5, 5.41) is 9.40. The van der Waals surface area contributed by atoms with Gasteiger partial charge in [0.05, 0.1) is 0 Å². The molecule has 1 fully saturated rings. The van der Waals surface area contributed by atoms with E-state index in [1.165, 1.54) is 10.4 Å². The van der Waals surface area contributed by atoms with Crippen molar-refractivity contribution in [2.75, 3.05) is 19.9 Å². The van der Waals surface area contributed by atoms with E-state index in [9.17, 15) is 13.2 Å². The minimum absolute atomic E-state index is 0.0840. The highest BCUT2D eigenvalue weighted by Crippen LogP contribution is 2.32. The fourth-order valence-electron chi connectivity index (χ4n) is 3.87. The second kappa shape index (κ2) is 8.32. The molecule has 1 saturated heterocycles. The third-order valence-corrected chi connectivity index (χ3v) is 7.44. The minimum atomic E-state index is -3.77. The summed E-state index contributed by atoms with van der Waals surface area (Å²) in [5.74, 6) is 1.44. The molecule has 2 aromatic heterocycles. The van der Waals surface area contributed by atoms with E-state index in [-0.39, 0.29) is 36.8 Å². The Kier molecular flexibility index (Phi) is 5.35. The van der Waals surface area contributed by atoms with Crippen LogP contribution in [0.15, 0.2) is 52.1 Å². The van der Waals surface area contributed by atoms with E-state index in [4.69, 9.17) is 13.9 Å². The van der Waals surface area contributed by atoms with Crippen molar-refractivity contribution < 1.29 is 27.1 Å². The van der Waals surface area contributed by atoms with Gasteiger partial charge in [-0.2, -0.15) is 9.40 Å². The molecule has 0 unspecified atom stereocenters. The first-order valence-electron chi connectivity index (χ1n) is 10.3. The summed E-state index contributed by atoms with van der Waals surface area (Å²) in [6.45, 7) is 1.08. The second-order valence-electron chi connectivity index (χ2n) is 7.67. The fraction of sp³-hybridized carbons (Fsp3) is 0.333. The molecule has 32 heavy (non-hydrogen) atoms. The lowest BCUT2D eigenvalue weighted by molar-refractivity contribution is -0.126. The molecule has 0 radical (unpaired) electrons. The highest BCUT2D eigenvalue weighted by Gasteiger charge is 2.34. The van der Waals surface area contributed by atoms with E-state index in [0.717, 1.165) is 5.56 Å². The third kappa shape index (κ3) is 3.96. The summed E-state index contributed by atoms with van der Waals surface area (Å²) >= 11 is 0. The van der Waals surface area contributed by atoms with E-state index >= 15 is 0 Å². The number of hydrogen-bond donors (Lipinski definition) is 2. The molecule has 1 aromatic carbocycles. The van der Waals surface area contributed by atoms with Crippen LogP contribution in [-0.2, 0) is 21.4 Å². The number of aromatic nitrogens is 2. The van der Waals surface area contributed by atoms with Gasteiger partial charge in [-0.15, -0.1) is 0 Å². The van der Waals surface area contributed by atoms with Crippen LogP contribution in [0.5, 0.6) is 11.5 Å². The molecular weight excluding hydrogens is 436 g/mol. The average Bonchev–Trinajstić information content (AvgIpc) is 3.58. The van der Waals surface area contributed by atoms with Crippen molar-refractivity contribution in [2.45, 2.75) is 24.5 Å². The van der Waals surface area contributed by atoms with Crippen LogP contribution >= 0.6 is 0 Å². The van der Waals surface area contributed by atoms with Crippen LogP contribution in [0.4, 0.5) is 0 Å². The number of nitrogens with zero attached hydrogens (tertiary/aromatic N) is 2. The molecule has 5 rings (SSSR count). The van der Waals surface area contributed by atoms with E-state index in [2.05, 4.69) is 15.5 Å². The Bertz CT molecular complexity index is 1210. The number of benzene rings is 1. The predicted molar refractivity (Wildman–Crippen MR) is 112 cm³/mol. The molecule has 0 spiro atoms. The summed E-state index contributed by atoms with van der Waals surface area (Å²) in [7, 11) is -3.77. The molecule has 11 heteroatoms. The molecule has 3 aromatic rings. The number of piperidine rings is 1. The van der Waals surface area contributed by atoms with Gasteiger partial charge in [-0.1, -0.05) is 6.07 Å². The molecule has 1 amide bonds. The summed E-state index contributed by atoms with van der Waals surface area (Å²) in [5.41, 5.74) is 1.51. The zero-order chi connectivity index (χ0) is 22.1. The monoisotopic (exact) mass is 458 g/mol. The lowest BCUT2D eigenvalue weighted by Gasteiger charge is -2.29. The predicted octanol–water partition coefficient (Wildman–Crippen LogP) is 2.12. The summed E-state index contributed by atoms with van der Waals surface area (Å²) in [6, 6.07) is 10.3. The second-order valence-corrected chi connectivity index (χ2v) is 9.54. The van der Waals surface area contributed by atoms with Crippen LogP contribution in [0.25, 0.3) is 11.5 Å². The van der Waals surface area contributed by atoms with Crippen LogP contribution in [0.2, 0.25) is 0 Å². The molecule has 2 N–H and O–H groups in total. The zero-order valence-electron chi connectivity index (χ0n) is 17.1. The molecule has 0 aliphatic carbocycles. The van der Waals surface area contributed by atoms with E-state index in [0.29, 0.717) is 42.3 Å². The lowest BCUT2D eigenvalue weighted by Crippen LogP contribution is -2.42. The number of carbonyl (C=O) groups is 1. The Morgan fingerprint density at radius 3 is 2.72 bits per heavy atom. The topological polar surface area (TPSA) is 127 Å². The molecular formula is C21H22N4O6S. The van der Waals surface area contributed by atoms with Gasteiger partial charge in [-0.25, -0.2) is 8.42 Å². The number of H-pyrrole nitrogens is 1. The van der Waals surface area contributed by atoms with Gasteiger partial charge in [-0.05, 0) is 48.7 Å². The van der Waals surface area contributed by atoms with Gasteiger partial charge in [0.15, 0.2) is 17.3 Å². The number of amides is 1. The minimum Gasteiger partial charge on any atom is -0.454 e. The van der Waals surface area contributed by atoms with Gasteiger partial charge >= 0.3 is 0 Å². The number of carbonyl (C=O) groups excluding carboxylic acids is 1. The van der Waals surface area contributed by atoms with Gasteiger partial charge in [0, 0.05) is 31.7 Å². The van der Waals surface area contributed by atoms with Gasteiger partial charge in [0.2, 0.25) is 17.8 Å². The first kappa shape index (κ1) is 20.6. The number of rotatable bonds is 6. The van der Waals surface area contributed by atoms with Crippen molar-refractivity contribution in [3.8, 4) is 23.0 Å². The Labute approximate surface area is 184 Å². The number of aromatic amines is 1. The number of ether oxygens (including phenoxy) is 2. The smallest absolute Gasteiger partial charge is 0.276 e. The molecule has 10 nitrogen and oxygen atoms in total. The van der Waals surface area contributed by atoms with Crippen LogP contribution in [0, 0.1) is 5.92 Å². The maximum atomic E-state index is 12.9. The molecule has 0 bridgehead atoms. The Balaban J connectivity index is 1.16. The van der Waals surface area contributed by atoms with Gasteiger partial charge < -0.3 is 19.2 Å². The third-order valence-electron chi connectivity index (χ3n) is 5.67. The Hall–Kier alpha value is -3.31. The fourth-order valence-corrected chi connectivity index (χ4v) is 5.25. The summed E-state index contributed by atoms with van der Waals surface area (Å²) in [6.07, 6.45) is 2.45. The van der Waals surface area contributed by atoms with E-state index in [1.54, 1.807) is 18.3 Å². The highest BCUT2D eigenvalue weighted by molar-refractivity contribution is 7.89. The number of sulfonamides is 1. The van der Waals surface area contributed by atoms with Crippen molar-refractivity contribution in [1.82, 2.24) is 19.8 Å². The summed E-state index contributed by atoms with van der Waals surface area (Å²) in [4.78, 5) is 12.6. The highest BCUT2D eigenvalue weighted by atomic mass is 32.2. The van der Waals surface area contributed by atoms with Crippen LogP contribution in [-0.4, -0.2) is 48.7 Å². The van der Waals surface area contributed by atoms with Crippen molar-refractivity contribution in [2.24, 2.45) is 5.92 Å². The van der Waals surface area contributed by atoms with E-state index in [1.807, 2.05) is 18.2 Å². The first-order chi connectivity index (χ1) is 15.5. The maximum Gasteiger partial charge on any atom is 0.276 e. The van der Waals surface area contributed by atoms with Crippen molar-refractivity contribution in [3.63, 3.8) is 0 Å².